The average Bonchev–Trinajstić information content (AvgIpc) is 2.77. The van der Waals surface area contributed by atoms with Gasteiger partial charge in [-0.2, -0.15) is 10.2 Å². The van der Waals surface area contributed by atoms with Crippen LogP contribution in [0.3, 0.4) is 0 Å². The predicted octanol–water partition coefficient (Wildman–Crippen LogP) is 0.579. The van der Waals surface area contributed by atoms with Gasteiger partial charge in [-0.3, -0.25) is 14.5 Å². The molecule has 0 saturated carbocycles. The van der Waals surface area contributed by atoms with E-state index in [2.05, 4.69) is 20.6 Å². The highest BCUT2D eigenvalue weighted by Gasteiger charge is 2.06. The van der Waals surface area contributed by atoms with Crippen molar-refractivity contribution in [3.8, 4) is 0 Å². The van der Waals surface area contributed by atoms with Crippen molar-refractivity contribution < 1.29 is 4.79 Å². The normalized spacial score (nSPS) is 10.6. The molecule has 2 aromatic heterocycles. The summed E-state index contributed by atoms with van der Waals surface area (Å²) < 4.78 is 1.55. The van der Waals surface area contributed by atoms with E-state index in [9.17, 15) is 4.79 Å². The average molecular weight is 229 g/mol. The van der Waals surface area contributed by atoms with E-state index in [0.717, 1.165) is 0 Å². The van der Waals surface area contributed by atoms with Crippen molar-refractivity contribution in [3.05, 3.63) is 48.0 Å². The van der Waals surface area contributed by atoms with Gasteiger partial charge in [0.15, 0.2) is 5.69 Å². The van der Waals surface area contributed by atoms with Crippen LogP contribution in [0.25, 0.3) is 0 Å². The highest BCUT2D eigenvalue weighted by atomic mass is 16.2. The van der Waals surface area contributed by atoms with Crippen LogP contribution in [0.2, 0.25) is 0 Å². The van der Waals surface area contributed by atoms with Gasteiger partial charge in [0.05, 0.1) is 11.9 Å². The molecule has 0 saturated heterocycles. The zero-order chi connectivity index (χ0) is 12.1. The second kappa shape index (κ2) is 5.02. The maximum Gasteiger partial charge on any atom is 0.291 e. The summed E-state index contributed by atoms with van der Waals surface area (Å²) in [4.78, 5) is 15.6. The minimum Gasteiger partial charge on any atom is -0.275 e. The lowest BCUT2D eigenvalue weighted by molar-refractivity contribution is 0.0949. The lowest BCUT2D eigenvalue weighted by atomic mass is 10.4. The van der Waals surface area contributed by atoms with Gasteiger partial charge in [0.2, 0.25) is 0 Å². The van der Waals surface area contributed by atoms with Crippen molar-refractivity contribution in [1.29, 1.82) is 0 Å². The summed E-state index contributed by atoms with van der Waals surface area (Å²) in [7, 11) is 1.74. The van der Waals surface area contributed by atoms with Crippen LogP contribution in [-0.4, -0.2) is 26.9 Å². The van der Waals surface area contributed by atoms with E-state index in [1.54, 1.807) is 36.3 Å². The number of aromatic nitrogens is 3. The molecule has 0 aliphatic heterocycles. The van der Waals surface area contributed by atoms with Gasteiger partial charge in [0.25, 0.3) is 5.91 Å². The van der Waals surface area contributed by atoms with E-state index in [-0.39, 0.29) is 5.91 Å². The first-order valence-electron chi connectivity index (χ1n) is 5.00. The van der Waals surface area contributed by atoms with Crippen LogP contribution in [0.15, 0.2) is 41.8 Å². The summed E-state index contributed by atoms with van der Waals surface area (Å²) in [6.45, 7) is 0. The molecule has 0 atom stereocenters. The predicted molar refractivity (Wildman–Crippen MR) is 62.5 cm³/mol. The van der Waals surface area contributed by atoms with Gasteiger partial charge in [0, 0.05) is 19.4 Å². The van der Waals surface area contributed by atoms with Crippen molar-refractivity contribution in [2.75, 3.05) is 0 Å². The molecule has 0 aliphatic rings. The van der Waals surface area contributed by atoms with Crippen LogP contribution < -0.4 is 5.43 Å². The van der Waals surface area contributed by atoms with E-state index in [0.29, 0.717) is 11.4 Å². The van der Waals surface area contributed by atoms with Crippen LogP contribution in [0, 0.1) is 0 Å². The summed E-state index contributed by atoms with van der Waals surface area (Å²) in [6.07, 6.45) is 4.82. The second-order valence-electron chi connectivity index (χ2n) is 3.33. The van der Waals surface area contributed by atoms with Crippen LogP contribution in [0.4, 0.5) is 0 Å². The molecule has 0 aromatic carbocycles. The lowest BCUT2D eigenvalue weighted by Gasteiger charge is -1.94. The Labute approximate surface area is 98.0 Å². The van der Waals surface area contributed by atoms with Crippen molar-refractivity contribution in [2.24, 2.45) is 12.1 Å². The number of hydrogen-bond donors (Lipinski definition) is 1. The Morgan fingerprint density at radius 3 is 3.00 bits per heavy atom. The fourth-order valence-corrected chi connectivity index (χ4v) is 1.20. The zero-order valence-corrected chi connectivity index (χ0v) is 9.24. The number of carbonyl (C=O) groups excluding carboxylic acids is 1. The Kier molecular flexibility index (Phi) is 3.25. The smallest absolute Gasteiger partial charge is 0.275 e. The van der Waals surface area contributed by atoms with Gasteiger partial charge in [-0.15, -0.1) is 0 Å². The first-order valence-corrected chi connectivity index (χ1v) is 5.00. The number of rotatable bonds is 3. The maximum atomic E-state index is 11.5. The number of hydrazone groups is 1. The number of pyridine rings is 1. The van der Waals surface area contributed by atoms with Crippen LogP contribution in [0.5, 0.6) is 0 Å². The van der Waals surface area contributed by atoms with Gasteiger partial charge in [-0.25, -0.2) is 5.43 Å². The Morgan fingerprint density at radius 1 is 1.47 bits per heavy atom. The first-order chi connectivity index (χ1) is 8.25. The minimum absolute atomic E-state index is 0.325. The third-order valence-corrected chi connectivity index (χ3v) is 2.00. The monoisotopic (exact) mass is 229 g/mol. The summed E-state index contributed by atoms with van der Waals surface area (Å²) in [5.74, 6) is -0.349. The van der Waals surface area contributed by atoms with Crippen LogP contribution in [-0.2, 0) is 7.05 Å². The minimum atomic E-state index is -0.349. The van der Waals surface area contributed by atoms with E-state index in [1.807, 2.05) is 12.1 Å². The third-order valence-electron chi connectivity index (χ3n) is 2.00. The van der Waals surface area contributed by atoms with Gasteiger partial charge in [-0.05, 0) is 18.2 Å². The summed E-state index contributed by atoms with van der Waals surface area (Å²) >= 11 is 0. The number of hydrogen-bond acceptors (Lipinski definition) is 4. The van der Waals surface area contributed by atoms with E-state index < -0.39 is 0 Å². The Balaban J connectivity index is 1.95. The van der Waals surface area contributed by atoms with Gasteiger partial charge in [0.1, 0.15) is 0 Å². The molecule has 0 fully saturated rings. The molecule has 17 heavy (non-hydrogen) atoms. The number of aryl methyl sites for hydroxylation is 1. The first kappa shape index (κ1) is 11.0. The fourth-order valence-electron chi connectivity index (χ4n) is 1.20. The van der Waals surface area contributed by atoms with E-state index >= 15 is 0 Å². The Hall–Kier alpha value is -2.50. The van der Waals surface area contributed by atoms with Crippen molar-refractivity contribution >= 4 is 12.1 Å². The fraction of sp³-hybridized carbons (Fsp3) is 0.0909. The quantitative estimate of drug-likeness (QED) is 0.618. The molecule has 86 valence electrons. The second-order valence-corrected chi connectivity index (χ2v) is 3.33. The molecule has 2 rings (SSSR count). The van der Waals surface area contributed by atoms with Gasteiger partial charge >= 0.3 is 0 Å². The summed E-state index contributed by atoms with van der Waals surface area (Å²) in [5, 5.41) is 7.74. The molecule has 0 aliphatic carbocycles. The SMILES string of the molecule is Cn1ccc(C(=O)N/N=C\c2ccccn2)n1. The number of amides is 1. The largest absolute Gasteiger partial charge is 0.291 e. The number of nitrogens with zero attached hydrogens (tertiary/aromatic N) is 4. The molecule has 1 amide bonds. The highest BCUT2D eigenvalue weighted by molar-refractivity contribution is 5.92. The molecular formula is C11H11N5O. The topological polar surface area (TPSA) is 72.2 Å². The molecule has 2 heterocycles. The van der Waals surface area contributed by atoms with E-state index in [1.165, 1.54) is 6.21 Å². The van der Waals surface area contributed by atoms with Gasteiger partial charge < -0.3 is 0 Å². The molecule has 6 nitrogen and oxygen atoms in total. The molecular weight excluding hydrogens is 218 g/mol. The molecule has 0 bridgehead atoms. The van der Waals surface area contributed by atoms with Crippen molar-refractivity contribution in [3.63, 3.8) is 0 Å². The Morgan fingerprint density at radius 2 is 2.35 bits per heavy atom. The molecule has 0 unspecified atom stereocenters. The molecule has 2 aromatic rings. The van der Waals surface area contributed by atoms with Crippen molar-refractivity contribution in [2.45, 2.75) is 0 Å². The van der Waals surface area contributed by atoms with Crippen molar-refractivity contribution in [1.82, 2.24) is 20.2 Å². The molecule has 0 spiro atoms. The number of nitrogens with one attached hydrogen (secondary N) is 1. The van der Waals surface area contributed by atoms with E-state index in [4.69, 9.17) is 0 Å². The van der Waals surface area contributed by atoms with Crippen LogP contribution >= 0.6 is 0 Å². The van der Waals surface area contributed by atoms with Gasteiger partial charge in [-0.1, -0.05) is 6.07 Å². The number of carbonyl (C=O) groups is 1. The molecule has 1 N–H and O–H groups in total. The standard InChI is InChI=1S/C11H11N5O/c1-16-7-5-10(15-16)11(17)14-13-8-9-4-2-3-6-12-9/h2-8H,1H3,(H,14,17)/b13-8-. The lowest BCUT2D eigenvalue weighted by Crippen LogP contribution is -2.18. The molecule has 0 radical (unpaired) electrons. The summed E-state index contributed by atoms with van der Waals surface area (Å²) in [5.41, 5.74) is 3.37. The van der Waals surface area contributed by atoms with Crippen LogP contribution in [0.1, 0.15) is 16.2 Å². The maximum absolute atomic E-state index is 11.5. The molecule has 6 heteroatoms. The Bertz CT molecular complexity index is 532. The third kappa shape index (κ3) is 2.97. The highest BCUT2D eigenvalue weighted by Crippen LogP contribution is 1.93. The zero-order valence-electron chi connectivity index (χ0n) is 9.24. The summed E-state index contributed by atoms with van der Waals surface area (Å²) in [6, 6.07) is 7.06.